The van der Waals surface area contributed by atoms with Gasteiger partial charge in [-0.15, -0.1) is 6.58 Å². The first-order chi connectivity index (χ1) is 12.5. The summed E-state index contributed by atoms with van der Waals surface area (Å²) in [6.45, 7) is 2.80. The van der Waals surface area contributed by atoms with Crippen LogP contribution in [0.1, 0.15) is 56.1 Å². The largest absolute Gasteiger partial charge is 0.434 e. The Morgan fingerprint density at radius 3 is 2.54 bits per heavy atom. The van der Waals surface area contributed by atoms with Crippen LogP contribution < -0.4 is 4.74 Å². The van der Waals surface area contributed by atoms with Gasteiger partial charge in [0.1, 0.15) is 11.6 Å². The molecule has 0 bridgehead atoms. The average molecular weight is 362 g/mol. The minimum Gasteiger partial charge on any atom is -0.434 e. The van der Waals surface area contributed by atoms with Gasteiger partial charge in [0.2, 0.25) is 0 Å². The zero-order valence-electron chi connectivity index (χ0n) is 15.1. The second-order valence-electron chi connectivity index (χ2n) is 7.12. The highest BCUT2D eigenvalue weighted by Crippen LogP contribution is 2.39. The normalized spacial score (nSPS) is 20.5. The van der Waals surface area contributed by atoms with Crippen LogP contribution in [0.2, 0.25) is 0 Å². The molecule has 0 aromatic heterocycles. The number of alkyl halides is 2. The monoisotopic (exact) mass is 362 g/mol. The molecule has 1 saturated carbocycles. The van der Waals surface area contributed by atoms with Gasteiger partial charge in [-0.25, -0.2) is 4.39 Å². The zero-order valence-corrected chi connectivity index (χ0v) is 15.1. The van der Waals surface area contributed by atoms with Crippen LogP contribution >= 0.6 is 0 Å². The Hall–Kier alpha value is -1.97. The molecule has 0 aliphatic heterocycles. The maximum atomic E-state index is 14.9. The molecule has 0 saturated heterocycles. The lowest BCUT2D eigenvalue weighted by atomic mass is 9.78. The highest BCUT2D eigenvalue weighted by molar-refractivity contribution is 5.86. The SMILES string of the molecule is C=CC1CCC(c2ccc3c(F)c(CCC)c(OC(F)F)cc3c2)CC1. The van der Waals surface area contributed by atoms with Crippen LogP contribution in [0.3, 0.4) is 0 Å². The quantitative estimate of drug-likeness (QED) is 0.503. The maximum absolute atomic E-state index is 14.9. The van der Waals surface area contributed by atoms with E-state index in [1.54, 1.807) is 12.1 Å². The molecule has 140 valence electrons. The number of halogens is 3. The van der Waals surface area contributed by atoms with Crippen molar-refractivity contribution in [2.24, 2.45) is 5.92 Å². The van der Waals surface area contributed by atoms with Gasteiger partial charge in [0.15, 0.2) is 0 Å². The van der Waals surface area contributed by atoms with E-state index in [-0.39, 0.29) is 11.3 Å². The van der Waals surface area contributed by atoms with Crippen LogP contribution in [0.5, 0.6) is 5.75 Å². The second-order valence-corrected chi connectivity index (χ2v) is 7.12. The van der Waals surface area contributed by atoms with E-state index in [1.165, 1.54) is 0 Å². The van der Waals surface area contributed by atoms with Crippen molar-refractivity contribution in [3.8, 4) is 5.75 Å². The van der Waals surface area contributed by atoms with Gasteiger partial charge in [-0.1, -0.05) is 37.6 Å². The Bertz CT molecular complexity index is 777. The topological polar surface area (TPSA) is 9.23 Å². The first kappa shape index (κ1) is 18.8. The lowest BCUT2D eigenvalue weighted by molar-refractivity contribution is -0.0505. The maximum Gasteiger partial charge on any atom is 0.387 e. The van der Waals surface area contributed by atoms with Crippen molar-refractivity contribution in [3.05, 3.63) is 53.9 Å². The number of hydrogen-bond donors (Lipinski definition) is 0. The van der Waals surface area contributed by atoms with Gasteiger partial charge in [0.25, 0.3) is 0 Å². The fourth-order valence-electron chi connectivity index (χ4n) is 4.03. The molecular weight excluding hydrogens is 337 g/mol. The summed E-state index contributed by atoms with van der Waals surface area (Å²) in [5.41, 5.74) is 1.38. The van der Waals surface area contributed by atoms with Crippen LogP contribution in [0.15, 0.2) is 36.9 Å². The number of fused-ring (bicyclic) bond motifs is 1. The van der Waals surface area contributed by atoms with Gasteiger partial charge in [0.05, 0.1) is 0 Å². The molecule has 2 aromatic carbocycles. The third-order valence-electron chi connectivity index (χ3n) is 5.45. The Morgan fingerprint density at radius 2 is 1.92 bits per heavy atom. The molecule has 1 nitrogen and oxygen atoms in total. The molecule has 0 N–H and O–H groups in total. The summed E-state index contributed by atoms with van der Waals surface area (Å²) in [6.07, 6.45) is 7.41. The van der Waals surface area contributed by atoms with Crippen LogP contribution in [-0.4, -0.2) is 6.61 Å². The molecule has 4 heteroatoms. The predicted molar refractivity (Wildman–Crippen MR) is 99.4 cm³/mol. The van der Waals surface area contributed by atoms with Crippen LogP contribution in [-0.2, 0) is 6.42 Å². The van der Waals surface area contributed by atoms with Crippen molar-refractivity contribution in [1.29, 1.82) is 0 Å². The Kier molecular flexibility index (Phi) is 5.90. The minimum absolute atomic E-state index is 0.0423. The standard InChI is InChI=1S/C22H25F3O/c1-3-5-19-20(26-22(24)25)13-17-12-16(10-11-18(17)21(19)23)15-8-6-14(4-2)7-9-15/h4,10-15,22H,2-3,5-9H2,1H3. The van der Waals surface area contributed by atoms with Crippen molar-refractivity contribution in [2.45, 2.75) is 58.0 Å². The smallest absolute Gasteiger partial charge is 0.387 e. The summed E-state index contributed by atoms with van der Waals surface area (Å²) >= 11 is 0. The highest BCUT2D eigenvalue weighted by Gasteiger charge is 2.22. The summed E-state index contributed by atoms with van der Waals surface area (Å²) in [5.74, 6) is 0.515. The molecule has 0 heterocycles. The lowest BCUT2D eigenvalue weighted by Crippen LogP contribution is -2.11. The molecule has 26 heavy (non-hydrogen) atoms. The van der Waals surface area contributed by atoms with Gasteiger partial charge in [-0.05, 0) is 61.0 Å². The van der Waals surface area contributed by atoms with Crippen LogP contribution in [0.4, 0.5) is 13.2 Å². The van der Waals surface area contributed by atoms with Gasteiger partial charge < -0.3 is 4.74 Å². The summed E-state index contributed by atoms with van der Waals surface area (Å²) in [7, 11) is 0. The molecule has 0 radical (unpaired) electrons. The average Bonchev–Trinajstić information content (AvgIpc) is 2.64. The van der Waals surface area contributed by atoms with E-state index in [2.05, 4.69) is 11.3 Å². The zero-order chi connectivity index (χ0) is 18.7. The number of benzene rings is 2. The van der Waals surface area contributed by atoms with E-state index in [0.717, 1.165) is 31.2 Å². The Labute approximate surface area is 152 Å². The molecule has 1 aliphatic carbocycles. The second kappa shape index (κ2) is 8.15. The molecule has 3 rings (SSSR count). The fourth-order valence-corrected chi connectivity index (χ4v) is 4.03. The van der Waals surface area contributed by atoms with E-state index in [1.807, 2.05) is 25.1 Å². The van der Waals surface area contributed by atoms with E-state index in [4.69, 9.17) is 0 Å². The van der Waals surface area contributed by atoms with E-state index in [9.17, 15) is 13.2 Å². The molecule has 0 spiro atoms. The van der Waals surface area contributed by atoms with Gasteiger partial charge >= 0.3 is 6.61 Å². The Morgan fingerprint density at radius 1 is 1.19 bits per heavy atom. The number of hydrogen-bond acceptors (Lipinski definition) is 1. The van der Waals surface area contributed by atoms with Crippen molar-refractivity contribution in [3.63, 3.8) is 0 Å². The number of ether oxygens (including phenoxy) is 1. The van der Waals surface area contributed by atoms with E-state index < -0.39 is 12.4 Å². The fraction of sp³-hybridized carbons (Fsp3) is 0.455. The van der Waals surface area contributed by atoms with Crippen LogP contribution in [0, 0.1) is 11.7 Å². The third-order valence-corrected chi connectivity index (χ3v) is 5.45. The molecular formula is C22H25F3O. The van der Waals surface area contributed by atoms with Gasteiger partial charge in [-0.3, -0.25) is 0 Å². The molecule has 1 aliphatic rings. The highest BCUT2D eigenvalue weighted by atomic mass is 19.3. The Balaban J connectivity index is 1.98. The molecule has 0 amide bonds. The molecule has 0 atom stereocenters. The van der Waals surface area contributed by atoms with E-state index >= 15 is 0 Å². The molecule has 0 unspecified atom stereocenters. The summed E-state index contributed by atoms with van der Waals surface area (Å²) < 4.78 is 45.0. The molecule has 1 fully saturated rings. The van der Waals surface area contributed by atoms with E-state index in [0.29, 0.717) is 35.4 Å². The van der Waals surface area contributed by atoms with Crippen molar-refractivity contribution in [1.82, 2.24) is 0 Å². The lowest BCUT2D eigenvalue weighted by Gasteiger charge is -2.27. The van der Waals surface area contributed by atoms with Crippen LogP contribution in [0.25, 0.3) is 10.8 Å². The summed E-state index contributed by atoms with van der Waals surface area (Å²) in [4.78, 5) is 0. The third kappa shape index (κ3) is 3.89. The first-order valence-corrected chi connectivity index (χ1v) is 9.35. The van der Waals surface area contributed by atoms with Crippen molar-refractivity contribution >= 4 is 10.8 Å². The number of rotatable bonds is 6. The summed E-state index contributed by atoms with van der Waals surface area (Å²) in [5, 5.41) is 1.10. The van der Waals surface area contributed by atoms with Crippen molar-refractivity contribution < 1.29 is 17.9 Å². The predicted octanol–water partition coefficient (Wildman–Crippen LogP) is 6.99. The van der Waals surface area contributed by atoms with Crippen molar-refractivity contribution in [2.75, 3.05) is 0 Å². The number of allylic oxidation sites excluding steroid dienone is 1. The first-order valence-electron chi connectivity index (χ1n) is 9.35. The van der Waals surface area contributed by atoms with Gasteiger partial charge in [0, 0.05) is 10.9 Å². The summed E-state index contributed by atoms with van der Waals surface area (Å²) in [6, 6.07) is 7.26. The van der Waals surface area contributed by atoms with Gasteiger partial charge in [-0.2, -0.15) is 8.78 Å². The molecule has 2 aromatic rings. The minimum atomic E-state index is -2.96.